The molecular weight excluding hydrogens is 246 g/mol. The standard InChI is InChI=1S/C10H15NO3S2/c1-7-4-9(8(2)15-7)16(13,14)11-5-10(3,12)6-11/h4,12H,5-6H2,1-3H3. The van der Waals surface area contributed by atoms with Crippen molar-refractivity contribution in [2.45, 2.75) is 31.3 Å². The summed E-state index contributed by atoms with van der Waals surface area (Å²) < 4.78 is 25.6. The minimum atomic E-state index is -3.40. The second-order valence-corrected chi connectivity index (χ2v) is 7.91. The lowest BCUT2D eigenvalue weighted by atomic mass is 10.0. The van der Waals surface area contributed by atoms with E-state index in [0.29, 0.717) is 4.90 Å². The third-order valence-corrected chi connectivity index (χ3v) is 5.66. The van der Waals surface area contributed by atoms with Crippen molar-refractivity contribution in [3.63, 3.8) is 0 Å². The molecule has 1 saturated heterocycles. The zero-order chi connectivity index (χ0) is 12.1. The molecule has 16 heavy (non-hydrogen) atoms. The van der Waals surface area contributed by atoms with Gasteiger partial charge in [-0.3, -0.25) is 0 Å². The number of rotatable bonds is 2. The zero-order valence-electron chi connectivity index (χ0n) is 9.52. The van der Waals surface area contributed by atoms with Crippen molar-refractivity contribution >= 4 is 21.4 Å². The number of thiophene rings is 1. The Kier molecular flexibility index (Phi) is 2.66. The second kappa shape index (κ2) is 3.53. The molecule has 4 nitrogen and oxygen atoms in total. The van der Waals surface area contributed by atoms with Crippen LogP contribution in [0.4, 0.5) is 0 Å². The van der Waals surface area contributed by atoms with Crippen molar-refractivity contribution in [3.8, 4) is 0 Å². The van der Waals surface area contributed by atoms with E-state index in [-0.39, 0.29) is 13.1 Å². The highest BCUT2D eigenvalue weighted by atomic mass is 32.2. The highest BCUT2D eigenvalue weighted by Gasteiger charge is 2.44. The molecule has 0 bridgehead atoms. The summed E-state index contributed by atoms with van der Waals surface area (Å²) in [4.78, 5) is 2.18. The van der Waals surface area contributed by atoms with Gasteiger partial charge in [0.15, 0.2) is 0 Å². The molecule has 1 aromatic rings. The molecule has 0 radical (unpaired) electrons. The van der Waals surface area contributed by atoms with E-state index in [1.54, 1.807) is 13.0 Å². The first kappa shape index (κ1) is 12.0. The van der Waals surface area contributed by atoms with E-state index in [4.69, 9.17) is 0 Å². The smallest absolute Gasteiger partial charge is 0.244 e. The van der Waals surface area contributed by atoms with Gasteiger partial charge in [-0.1, -0.05) is 0 Å². The van der Waals surface area contributed by atoms with Crippen LogP contribution >= 0.6 is 11.3 Å². The molecule has 90 valence electrons. The summed E-state index contributed by atoms with van der Waals surface area (Å²) in [6.45, 7) is 5.71. The fourth-order valence-electron chi connectivity index (χ4n) is 1.89. The highest BCUT2D eigenvalue weighted by Crippen LogP contribution is 2.32. The zero-order valence-corrected chi connectivity index (χ0v) is 11.2. The maximum atomic E-state index is 12.2. The van der Waals surface area contributed by atoms with Gasteiger partial charge in [0.2, 0.25) is 10.0 Å². The molecule has 0 aliphatic carbocycles. The van der Waals surface area contributed by atoms with Crippen LogP contribution in [0, 0.1) is 13.8 Å². The average molecular weight is 261 g/mol. The van der Waals surface area contributed by atoms with E-state index in [1.807, 2.05) is 13.8 Å². The Labute approximate surface area is 99.6 Å². The van der Waals surface area contributed by atoms with Gasteiger partial charge in [0.05, 0.1) is 10.5 Å². The number of aliphatic hydroxyl groups is 1. The van der Waals surface area contributed by atoms with E-state index in [2.05, 4.69) is 0 Å². The van der Waals surface area contributed by atoms with Gasteiger partial charge in [0, 0.05) is 22.8 Å². The van der Waals surface area contributed by atoms with Crippen LogP contribution in [0.25, 0.3) is 0 Å². The molecule has 0 atom stereocenters. The lowest BCUT2D eigenvalue weighted by molar-refractivity contribution is -0.0426. The van der Waals surface area contributed by atoms with Crippen molar-refractivity contribution in [3.05, 3.63) is 15.8 Å². The molecular formula is C10H15NO3S2. The lowest BCUT2D eigenvalue weighted by Crippen LogP contribution is -2.61. The molecule has 0 amide bonds. The van der Waals surface area contributed by atoms with E-state index >= 15 is 0 Å². The monoisotopic (exact) mass is 261 g/mol. The van der Waals surface area contributed by atoms with Crippen LogP contribution in [0.3, 0.4) is 0 Å². The first-order valence-corrected chi connectivity index (χ1v) is 7.28. The molecule has 0 unspecified atom stereocenters. The van der Waals surface area contributed by atoms with Crippen molar-refractivity contribution in [1.82, 2.24) is 4.31 Å². The van der Waals surface area contributed by atoms with Crippen LogP contribution in [0.1, 0.15) is 16.7 Å². The van der Waals surface area contributed by atoms with Crippen LogP contribution < -0.4 is 0 Å². The number of aryl methyl sites for hydroxylation is 2. The van der Waals surface area contributed by atoms with E-state index < -0.39 is 15.6 Å². The Morgan fingerprint density at radius 2 is 2.00 bits per heavy atom. The molecule has 1 N–H and O–H groups in total. The highest BCUT2D eigenvalue weighted by molar-refractivity contribution is 7.89. The quantitative estimate of drug-likeness (QED) is 0.868. The molecule has 0 spiro atoms. The number of nitrogens with zero attached hydrogens (tertiary/aromatic N) is 1. The van der Waals surface area contributed by atoms with Crippen molar-refractivity contribution in [1.29, 1.82) is 0 Å². The van der Waals surface area contributed by atoms with Gasteiger partial charge in [-0.15, -0.1) is 11.3 Å². The van der Waals surface area contributed by atoms with Crippen LogP contribution in [-0.4, -0.2) is 36.5 Å². The topological polar surface area (TPSA) is 57.6 Å². The summed E-state index contributed by atoms with van der Waals surface area (Å²) in [7, 11) is -3.40. The van der Waals surface area contributed by atoms with Crippen LogP contribution in [0.15, 0.2) is 11.0 Å². The summed E-state index contributed by atoms with van der Waals surface area (Å²) in [6, 6.07) is 1.70. The molecule has 1 fully saturated rings. The number of sulfonamides is 1. The molecule has 0 aromatic carbocycles. The minimum Gasteiger partial charge on any atom is -0.387 e. The minimum absolute atomic E-state index is 0.184. The van der Waals surface area contributed by atoms with Gasteiger partial charge in [0.1, 0.15) is 0 Å². The van der Waals surface area contributed by atoms with Crippen molar-refractivity contribution in [2.24, 2.45) is 0 Å². The Hall–Kier alpha value is -0.430. The third kappa shape index (κ3) is 1.90. The second-order valence-electron chi connectivity index (χ2n) is 4.55. The van der Waals surface area contributed by atoms with Gasteiger partial charge in [-0.05, 0) is 26.8 Å². The number of hydrogen-bond donors (Lipinski definition) is 1. The van der Waals surface area contributed by atoms with Crippen molar-refractivity contribution < 1.29 is 13.5 Å². The Morgan fingerprint density at radius 3 is 2.38 bits per heavy atom. The predicted molar refractivity (Wildman–Crippen MR) is 63.2 cm³/mol. The van der Waals surface area contributed by atoms with Crippen LogP contribution in [0.2, 0.25) is 0 Å². The molecule has 0 saturated carbocycles. The van der Waals surface area contributed by atoms with Gasteiger partial charge < -0.3 is 5.11 Å². The summed E-state index contributed by atoms with van der Waals surface area (Å²) >= 11 is 1.48. The Morgan fingerprint density at radius 1 is 1.44 bits per heavy atom. The van der Waals surface area contributed by atoms with Crippen LogP contribution in [-0.2, 0) is 10.0 Å². The summed E-state index contributed by atoms with van der Waals surface area (Å²) in [6.07, 6.45) is 0. The Balaban J connectivity index is 2.31. The molecule has 2 rings (SSSR count). The van der Waals surface area contributed by atoms with Gasteiger partial charge in [-0.2, -0.15) is 4.31 Å². The average Bonchev–Trinajstić information content (AvgIpc) is 2.41. The lowest BCUT2D eigenvalue weighted by Gasteiger charge is -2.42. The largest absolute Gasteiger partial charge is 0.387 e. The maximum absolute atomic E-state index is 12.2. The SMILES string of the molecule is Cc1cc(S(=O)(=O)N2CC(C)(O)C2)c(C)s1. The Bertz CT molecular complexity index is 508. The molecule has 1 aromatic heterocycles. The summed E-state index contributed by atoms with van der Waals surface area (Å²) in [5.41, 5.74) is -0.869. The first-order valence-electron chi connectivity index (χ1n) is 5.02. The van der Waals surface area contributed by atoms with Gasteiger partial charge in [0.25, 0.3) is 0 Å². The van der Waals surface area contributed by atoms with Gasteiger partial charge in [-0.25, -0.2) is 8.42 Å². The van der Waals surface area contributed by atoms with Crippen LogP contribution in [0.5, 0.6) is 0 Å². The molecule has 1 aliphatic rings. The van der Waals surface area contributed by atoms with Crippen molar-refractivity contribution in [2.75, 3.05) is 13.1 Å². The fraction of sp³-hybridized carbons (Fsp3) is 0.600. The third-order valence-electron chi connectivity index (χ3n) is 2.65. The molecule has 2 heterocycles. The predicted octanol–water partition coefficient (Wildman–Crippen LogP) is 1.12. The number of β-amino-alcohol motifs (C(OH)–C–C–N with tert-alkyl or cyclic N) is 1. The normalized spacial score (nSPS) is 20.8. The van der Waals surface area contributed by atoms with Gasteiger partial charge >= 0.3 is 0 Å². The maximum Gasteiger partial charge on any atom is 0.244 e. The summed E-state index contributed by atoms with van der Waals surface area (Å²) in [5, 5.41) is 9.56. The first-order chi connectivity index (χ1) is 7.22. The van der Waals surface area contributed by atoms with E-state index in [1.165, 1.54) is 15.6 Å². The van der Waals surface area contributed by atoms with E-state index in [9.17, 15) is 13.5 Å². The molecule has 1 aliphatic heterocycles. The fourth-order valence-corrected chi connectivity index (χ4v) is 5.08. The molecule has 6 heteroatoms. The summed E-state index contributed by atoms with van der Waals surface area (Å²) in [5.74, 6) is 0. The van der Waals surface area contributed by atoms with E-state index in [0.717, 1.165) is 9.75 Å². The number of hydrogen-bond acceptors (Lipinski definition) is 4.